The number of alkyl halides is 3. The normalized spacial score (nSPS) is 11.4. The van der Waals surface area contributed by atoms with Gasteiger partial charge in [-0.25, -0.2) is 9.82 Å². The van der Waals surface area contributed by atoms with Crippen LogP contribution in [0.25, 0.3) is 0 Å². The standard InChI is InChI=1S/C14H12F4N2/c15-12-7-10(6-11(8-12)14(16,17)18)9-19-20-13-4-2-1-3-5-13/h1-8,19-20H,9H2. The lowest BCUT2D eigenvalue weighted by Gasteiger charge is -2.11. The molecule has 0 atom stereocenters. The highest BCUT2D eigenvalue weighted by molar-refractivity contribution is 5.41. The summed E-state index contributed by atoms with van der Waals surface area (Å²) >= 11 is 0. The first-order chi connectivity index (χ1) is 9.45. The van der Waals surface area contributed by atoms with Crippen molar-refractivity contribution < 1.29 is 17.6 Å². The molecule has 0 aliphatic rings. The average Bonchev–Trinajstić information content (AvgIpc) is 2.38. The smallest absolute Gasteiger partial charge is 0.321 e. The molecular weight excluding hydrogens is 272 g/mol. The van der Waals surface area contributed by atoms with Crippen LogP contribution in [0.2, 0.25) is 0 Å². The molecule has 2 aromatic rings. The zero-order chi connectivity index (χ0) is 14.6. The molecule has 106 valence electrons. The van der Waals surface area contributed by atoms with Crippen molar-refractivity contribution in [3.05, 3.63) is 65.5 Å². The molecule has 0 spiro atoms. The third-order valence-electron chi connectivity index (χ3n) is 2.58. The maximum Gasteiger partial charge on any atom is 0.416 e. The van der Waals surface area contributed by atoms with Crippen LogP contribution in [-0.4, -0.2) is 0 Å². The van der Waals surface area contributed by atoms with Crippen LogP contribution in [0.4, 0.5) is 23.2 Å². The Bertz CT molecular complexity index is 567. The van der Waals surface area contributed by atoms with Gasteiger partial charge >= 0.3 is 6.18 Å². The summed E-state index contributed by atoms with van der Waals surface area (Å²) in [5, 5.41) is 0. The van der Waals surface area contributed by atoms with Crippen molar-refractivity contribution in [1.82, 2.24) is 5.43 Å². The zero-order valence-corrected chi connectivity index (χ0v) is 10.3. The maximum absolute atomic E-state index is 13.2. The van der Waals surface area contributed by atoms with Crippen LogP contribution in [0.15, 0.2) is 48.5 Å². The highest BCUT2D eigenvalue weighted by Crippen LogP contribution is 2.30. The van der Waals surface area contributed by atoms with Crippen LogP contribution in [0.1, 0.15) is 11.1 Å². The number of halogens is 4. The molecule has 0 saturated heterocycles. The van der Waals surface area contributed by atoms with Crippen LogP contribution in [0.3, 0.4) is 0 Å². The fourth-order valence-corrected chi connectivity index (χ4v) is 1.69. The molecule has 2 aromatic carbocycles. The lowest BCUT2D eigenvalue weighted by atomic mass is 10.1. The summed E-state index contributed by atoms with van der Waals surface area (Å²) in [4.78, 5) is 0. The van der Waals surface area contributed by atoms with Gasteiger partial charge in [0.05, 0.1) is 5.56 Å². The quantitative estimate of drug-likeness (QED) is 0.656. The van der Waals surface area contributed by atoms with E-state index in [-0.39, 0.29) is 12.1 Å². The van der Waals surface area contributed by atoms with Crippen molar-refractivity contribution in [2.75, 3.05) is 5.43 Å². The van der Waals surface area contributed by atoms with Crippen LogP contribution < -0.4 is 10.9 Å². The molecule has 0 fully saturated rings. The van der Waals surface area contributed by atoms with Gasteiger partial charge in [-0.1, -0.05) is 18.2 Å². The van der Waals surface area contributed by atoms with Gasteiger partial charge in [-0.15, -0.1) is 0 Å². The molecule has 20 heavy (non-hydrogen) atoms. The van der Waals surface area contributed by atoms with E-state index in [9.17, 15) is 17.6 Å². The minimum atomic E-state index is -4.55. The SMILES string of the molecule is Fc1cc(CNNc2ccccc2)cc(C(F)(F)F)c1. The first kappa shape index (κ1) is 14.3. The van der Waals surface area contributed by atoms with Crippen molar-refractivity contribution >= 4 is 5.69 Å². The van der Waals surface area contributed by atoms with Gasteiger partial charge in [0.25, 0.3) is 0 Å². The Morgan fingerprint density at radius 3 is 2.30 bits per heavy atom. The number of para-hydroxylation sites is 1. The molecular formula is C14H12F4N2. The highest BCUT2D eigenvalue weighted by Gasteiger charge is 2.31. The molecule has 0 unspecified atom stereocenters. The number of hydrogen-bond donors (Lipinski definition) is 2. The molecule has 0 saturated carbocycles. The minimum Gasteiger partial charge on any atom is -0.321 e. The number of benzene rings is 2. The fourth-order valence-electron chi connectivity index (χ4n) is 1.69. The second kappa shape index (κ2) is 5.92. The van der Waals surface area contributed by atoms with Crippen LogP contribution in [-0.2, 0) is 12.7 Å². The molecule has 0 amide bonds. The molecule has 0 aromatic heterocycles. The minimum absolute atomic E-state index is 0.0652. The molecule has 0 radical (unpaired) electrons. The Labute approximate surface area is 113 Å². The Morgan fingerprint density at radius 1 is 0.950 bits per heavy atom. The van der Waals surface area contributed by atoms with E-state index in [0.717, 1.165) is 17.8 Å². The van der Waals surface area contributed by atoms with Crippen molar-refractivity contribution in [2.24, 2.45) is 0 Å². The summed E-state index contributed by atoms with van der Waals surface area (Å²) in [5.74, 6) is -0.906. The molecule has 6 heteroatoms. The molecule has 0 heterocycles. The Balaban J connectivity index is 2.01. The zero-order valence-electron chi connectivity index (χ0n) is 10.3. The summed E-state index contributed by atoms with van der Waals surface area (Å²) in [7, 11) is 0. The first-order valence-electron chi connectivity index (χ1n) is 5.86. The van der Waals surface area contributed by atoms with E-state index >= 15 is 0 Å². The average molecular weight is 284 g/mol. The van der Waals surface area contributed by atoms with E-state index in [2.05, 4.69) is 10.9 Å². The van der Waals surface area contributed by atoms with Gasteiger partial charge < -0.3 is 5.43 Å². The van der Waals surface area contributed by atoms with E-state index in [1.54, 1.807) is 12.1 Å². The second-order valence-electron chi connectivity index (χ2n) is 4.19. The van der Waals surface area contributed by atoms with Crippen molar-refractivity contribution in [1.29, 1.82) is 0 Å². The van der Waals surface area contributed by atoms with Gasteiger partial charge in [-0.3, -0.25) is 0 Å². The predicted molar refractivity (Wildman–Crippen MR) is 68.3 cm³/mol. The second-order valence-corrected chi connectivity index (χ2v) is 4.19. The van der Waals surface area contributed by atoms with Gasteiger partial charge in [-0.05, 0) is 35.9 Å². The summed E-state index contributed by atoms with van der Waals surface area (Å²) in [5.41, 5.74) is 5.54. The molecule has 0 aliphatic heterocycles. The Kier molecular flexibility index (Phi) is 4.24. The van der Waals surface area contributed by atoms with Gasteiger partial charge in [0, 0.05) is 12.2 Å². The molecule has 2 nitrogen and oxygen atoms in total. The van der Waals surface area contributed by atoms with Gasteiger partial charge in [0.2, 0.25) is 0 Å². The molecule has 2 rings (SSSR count). The van der Waals surface area contributed by atoms with Crippen molar-refractivity contribution in [2.45, 2.75) is 12.7 Å². The van der Waals surface area contributed by atoms with E-state index in [1.807, 2.05) is 18.2 Å². The summed E-state index contributed by atoms with van der Waals surface area (Å²) in [6.07, 6.45) is -4.55. The van der Waals surface area contributed by atoms with Crippen molar-refractivity contribution in [3.8, 4) is 0 Å². The maximum atomic E-state index is 13.2. The summed E-state index contributed by atoms with van der Waals surface area (Å²) in [6.45, 7) is 0.0652. The Hall–Kier alpha value is -2.08. The third kappa shape index (κ3) is 3.96. The molecule has 0 aliphatic carbocycles. The van der Waals surface area contributed by atoms with Gasteiger partial charge in [-0.2, -0.15) is 13.2 Å². The topological polar surface area (TPSA) is 24.1 Å². The highest BCUT2D eigenvalue weighted by atomic mass is 19.4. The van der Waals surface area contributed by atoms with Crippen LogP contribution in [0, 0.1) is 5.82 Å². The number of nitrogens with one attached hydrogen (secondary N) is 2. The third-order valence-corrected chi connectivity index (χ3v) is 2.58. The van der Waals surface area contributed by atoms with Crippen LogP contribution >= 0.6 is 0 Å². The number of anilines is 1. The van der Waals surface area contributed by atoms with Gasteiger partial charge in [0.1, 0.15) is 5.82 Å². The van der Waals surface area contributed by atoms with Crippen LogP contribution in [0.5, 0.6) is 0 Å². The first-order valence-corrected chi connectivity index (χ1v) is 5.86. The molecule has 0 bridgehead atoms. The van der Waals surface area contributed by atoms with E-state index in [0.29, 0.717) is 6.07 Å². The van der Waals surface area contributed by atoms with Gasteiger partial charge in [0.15, 0.2) is 0 Å². The number of rotatable bonds is 4. The summed E-state index contributed by atoms with van der Waals surface area (Å²) < 4.78 is 50.8. The lowest BCUT2D eigenvalue weighted by molar-refractivity contribution is -0.137. The number of hydrogen-bond acceptors (Lipinski definition) is 2. The van der Waals surface area contributed by atoms with E-state index in [4.69, 9.17) is 0 Å². The largest absolute Gasteiger partial charge is 0.416 e. The predicted octanol–water partition coefficient (Wildman–Crippen LogP) is 3.96. The molecule has 2 N–H and O–H groups in total. The van der Waals surface area contributed by atoms with Crippen molar-refractivity contribution in [3.63, 3.8) is 0 Å². The van der Waals surface area contributed by atoms with E-state index < -0.39 is 17.6 Å². The number of hydrazine groups is 1. The van der Waals surface area contributed by atoms with E-state index in [1.165, 1.54) is 0 Å². The fraction of sp³-hybridized carbons (Fsp3) is 0.143. The lowest BCUT2D eigenvalue weighted by Crippen LogP contribution is -2.21. The summed E-state index contributed by atoms with van der Waals surface area (Å²) in [6, 6.07) is 11.5. The Morgan fingerprint density at radius 2 is 1.65 bits per heavy atom. The monoisotopic (exact) mass is 284 g/mol.